The molecular formula is C6H9NO2S2. The maximum atomic E-state index is 10.4. The number of rotatable bonds is 2. The summed E-state index contributed by atoms with van der Waals surface area (Å²) < 4.78 is 0. The van der Waals surface area contributed by atoms with E-state index in [1.807, 2.05) is 5.41 Å². The van der Waals surface area contributed by atoms with Crippen LogP contribution in [0.1, 0.15) is 0 Å². The first-order valence-electron chi connectivity index (χ1n) is 3.08. The van der Waals surface area contributed by atoms with Crippen molar-refractivity contribution >= 4 is 29.5 Å². The van der Waals surface area contributed by atoms with E-state index < -0.39 is 12.0 Å². The fraction of sp³-hybridized carbons (Fsp3) is 0.500. The lowest BCUT2D eigenvalue weighted by Gasteiger charge is -2.14. The van der Waals surface area contributed by atoms with Crippen molar-refractivity contribution in [2.24, 2.45) is 5.73 Å². The van der Waals surface area contributed by atoms with Crippen LogP contribution >= 0.6 is 23.5 Å². The number of hydrogen-bond acceptors (Lipinski definition) is 4. The maximum Gasteiger partial charge on any atom is 0.324 e. The molecule has 0 aliphatic carbocycles. The number of carbonyl (C=O) groups is 1. The zero-order valence-electron chi connectivity index (χ0n) is 5.82. The summed E-state index contributed by atoms with van der Waals surface area (Å²) >= 11 is 3.31. The third kappa shape index (κ3) is 2.43. The van der Waals surface area contributed by atoms with Gasteiger partial charge in [-0.25, -0.2) is 0 Å². The lowest BCUT2D eigenvalue weighted by atomic mass is 10.2. The summed E-state index contributed by atoms with van der Waals surface area (Å²) in [5.74, 6) is -0.195. The minimum Gasteiger partial charge on any atom is -0.480 e. The van der Waals surface area contributed by atoms with Gasteiger partial charge >= 0.3 is 5.97 Å². The Morgan fingerprint density at radius 1 is 1.82 bits per heavy atom. The van der Waals surface area contributed by atoms with Gasteiger partial charge in [0.25, 0.3) is 0 Å². The predicted octanol–water partition coefficient (Wildman–Crippen LogP) is 0.720. The molecule has 0 bridgehead atoms. The van der Waals surface area contributed by atoms with Crippen LogP contribution in [0.2, 0.25) is 0 Å². The Balaban J connectivity index is 2.58. The quantitative estimate of drug-likeness (QED) is 0.673. The first kappa shape index (κ1) is 8.96. The highest BCUT2D eigenvalue weighted by molar-refractivity contribution is 8.18. The Morgan fingerprint density at radius 2 is 2.55 bits per heavy atom. The highest BCUT2D eigenvalue weighted by atomic mass is 32.2. The fourth-order valence-electron chi connectivity index (χ4n) is 0.704. The molecule has 0 saturated carbocycles. The molecule has 0 aromatic rings. The lowest BCUT2D eigenvalue weighted by molar-refractivity contribution is -0.137. The van der Waals surface area contributed by atoms with Crippen molar-refractivity contribution in [1.82, 2.24) is 0 Å². The van der Waals surface area contributed by atoms with Crippen LogP contribution in [-0.2, 0) is 4.79 Å². The van der Waals surface area contributed by atoms with Gasteiger partial charge in [-0.15, -0.1) is 23.5 Å². The SMILES string of the molecule is NC(C(=O)O)C1=CSCSC1. The number of carboxylic acids is 1. The molecule has 1 unspecified atom stereocenters. The van der Waals surface area contributed by atoms with Crippen LogP contribution < -0.4 is 5.73 Å². The predicted molar refractivity (Wildman–Crippen MR) is 48.6 cm³/mol. The zero-order chi connectivity index (χ0) is 8.27. The van der Waals surface area contributed by atoms with Crippen molar-refractivity contribution in [1.29, 1.82) is 0 Å². The van der Waals surface area contributed by atoms with Crippen molar-refractivity contribution in [2.45, 2.75) is 6.04 Å². The molecule has 62 valence electrons. The minimum atomic E-state index is -0.945. The van der Waals surface area contributed by atoms with Crippen LogP contribution in [0.5, 0.6) is 0 Å². The average molecular weight is 191 g/mol. The molecule has 1 rings (SSSR count). The van der Waals surface area contributed by atoms with Gasteiger partial charge in [0.2, 0.25) is 0 Å². The van der Waals surface area contributed by atoms with Crippen molar-refractivity contribution in [3.05, 3.63) is 11.0 Å². The molecule has 0 saturated heterocycles. The van der Waals surface area contributed by atoms with Gasteiger partial charge in [-0.1, -0.05) is 0 Å². The lowest BCUT2D eigenvalue weighted by Crippen LogP contribution is -2.33. The maximum absolute atomic E-state index is 10.4. The summed E-state index contributed by atoms with van der Waals surface area (Å²) in [6, 6.07) is -0.810. The van der Waals surface area contributed by atoms with Crippen molar-refractivity contribution in [3.63, 3.8) is 0 Å². The Morgan fingerprint density at radius 3 is 3.00 bits per heavy atom. The molecule has 0 spiro atoms. The zero-order valence-corrected chi connectivity index (χ0v) is 7.45. The molecule has 3 nitrogen and oxygen atoms in total. The molecule has 0 fully saturated rings. The summed E-state index contributed by atoms with van der Waals surface area (Å²) in [5.41, 5.74) is 6.22. The van der Waals surface area contributed by atoms with Crippen LogP contribution in [0.3, 0.4) is 0 Å². The van der Waals surface area contributed by atoms with E-state index in [1.165, 1.54) is 0 Å². The van der Waals surface area contributed by atoms with Crippen LogP contribution in [0.15, 0.2) is 11.0 Å². The van der Waals surface area contributed by atoms with Gasteiger partial charge in [-0.3, -0.25) is 4.79 Å². The summed E-state index contributed by atoms with van der Waals surface area (Å²) in [4.78, 5) is 10.4. The molecule has 5 heteroatoms. The van der Waals surface area contributed by atoms with E-state index in [4.69, 9.17) is 10.8 Å². The first-order chi connectivity index (χ1) is 5.22. The van der Waals surface area contributed by atoms with E-state index >= 15 is 0 Å². The Bertz CT molecular complexity index is 193. The summed E-state index contributed by atoms with van der Waals surface area (Å²) in [5, 5.41) is 11.4. The Labute approximate surface area is 73.4 Å². The number of carboxylic acid groups (broad SMARTS) is 1. The molecule has 11 heavy (non-hydrogen) atoms. The highest BCUT2D eigenvalue weighted by Crippen LogP contribution is 2.25. The normalized spacial score (nSPS) is 20.6. The van der Waals surface area contributed by atoms with Gasteiger partial charge in [-0.05, 0) is 11.0 Å². The molecule has 0 amide bonds. The van der Waals surface area contributed by atoms with E-state index in [-0.39, 0.29) is 0 Å². The highest BCUT2D eigenvalue weighted by Gasteiger charge is 2.18. The topological polar surface area (TPSA) is 63.3 Å². The number of hydrogen-bond donors (Lipinski definition) is 2. The van der Waals surface area contributed by atoms with Crippen LogP contribution in [0.25, 0.3) is 0 Å². The Hall–Kier alpha value is -0.130. The van der Waals surface area contributed by atoms with Gasteiger partial charge in [0.15, 0.2) is 0 Å². The standard InChI is InChI=1S/C6H9NO2S2/c7-5(6(8)9)4-1-10-3-11-2-4/h1,5H,2-3,7H2,(H,8,9). The molecule has 0 aromatic heterocycles. The molecule has 1 heterocycles. The van der Waals surface area contributed by atoms with Gasteiger partial charge < -0.3 is 10.8 Å². The Kier molecular flexibility index (Phi) is 3.29. The van der Waals surface area contributed by atoms with E-state index in [1.54, 1.807) is 23.5 Å². The van der Waals surface area contributed by atoms with Crippen LogP contribution in [0, 0.1) is 0 Å². The first-order valence-corrected chi connectivity index (χ1v) is 5.29. The van der Waals surface area contributed by atoms with E-state index in [9.17, 15) is 4.79 Å². The second-order valence-electron chi connectivity index (χ2n) is 2.14. The molecule has 1 aliphatic rings. The summed E-state index contributed by atoms with van der Waals surface area (Å²) in [6.45, 7) is 0. The molecule has 3 N–H and O–H groups in total. The monoisotopic (exact) mass is 191 g/mol. The largest absolute Gasteiger partial charge is 0.480 e. The molecule has 0 aromatic carbocycles. The van der Waals surface area contributed by atoms with Gasteiger partial charge in [-0.2, -0.15) is 0 Å². The average Bonchev–Trinajstić information content (AvgIpc) is 2.05. The van der Waals surface area contributed by atoms with Crippen LogP contribution in [-0.4, -0.2) is 28.0 Å². The third-order valence-corrected chi connectivity index (χ3v) is 3.54. The van der Waals surface area contributed by atoms with Gasteiger partial charge in [0, 0.05) is 10.8 Å². The molecule has 1 aliphatic heterocycles. The second kappa shape index (κ2) is 4.04. The van der Waals surface area contributed by atoms with E-state index in [0.717, 1.165) is 16.4 Å². The molecule has 0 radical (unpaired) electrons. The van der Waals surface area contributed by atoms with E-state index in [0.29, 0.717) is 0 Å². The summed E-state index contributed by atoms with van der Waals surface area (Å²) in [6.07, 6.45) is 0. The van der Waals surface area contributed by atoms with Gasteiger partial charge in [0.1, 0.15) is 6.04 Å². The number of thioether (sulfide) groups is 2. The van der Waals surface area contributed by atoms with Gasteiger partial charge in [0.05, 0.1) is 0 Å². The third-order valence-electron chi connectivity index (χ3n) is 1.32. The van der Waals surface area contributed by atoms with Crippen molar-refractivity contribution < 1.29 is 9.90 Å². The minimum absolute atomic E-state index is 0.750. The number of aliphatic carboxylic acids is 1. The molecule has 1 atom stereocenters. The smallest absolute Gasteiger partial charge is 0.324 e. The van der Waals surface area contributed by atoms with Crippen LogP contribution in [0.4, 0.5) is 0 Å². The second-order valence-corrected chi connectivity index (χ2v) is 4.35. The van der Waals surface area contributed by atoms with Crippen molar-refractivity contribution in [2.75, 3.05) is 10.8 Å². The summed E-state index contributed by atoms with van der Waals surface area (Å²) in [7, 11) is 0. The number of nitrogens with two attached hydrogens (primary N) is 1. The molecular weight excluding hydrogens is 182 g/mol. The fourth-order valence-corrected chi connectivity index (χ4v) is 2.74. The van der Waals surface area contributed by atoms with Crippen molar-refractivity contribution in [3.8, 4) is 0 Å². The van der Waals surface area contributed by atoms with E-state index in [2.05, 4.69) is 0 Å².